The molecule has 0 aromatic heterocycles. The number of nitrogens with one attached hydrogen (secondary N) is 2. The van der Waals surface area contributed by atoms with Crippen molar-refractivity contribution < 1.29 is 14.3 Å². The largest absolute Gasteiger partial charge is 0.445 e. The molecule has 2 N–H and O–H groups in total. The summed E-state index contributed by atoms with van der Waals surface area (Å²) in [6, 6.07) is 9.31. The van der Waals surface area contributed by atoms with Gasteiger partial charge in [0.1, 0.15) is 13.2 Å². The molecule has 96 valence electrons. The summed E-state index contributed by atoms with van der Waals surface area (Å²) in [4.78, 5) is 22.4. The maximum atomic E-state index is 11.3. The first-order valence-electron chi connectivity index (χ1n) is 5.54. The molecule has 0 aliphatic heterocycles. The van der Waals surface area contributed by atoms with Gasteiger partial charge in [-0.05, 0) is 5.56 Å². The van der Waals surface area contributed by atoms with Gasteiger partial charge in [-0.2, -0.15) is 0 Å². The Kier molecular flexibility index (Phi) is 6.03. The predicted molar refractivity (Wildman–Crippen MR) is 67.8 cm³/mol. The number of benzene rings is 1. The molecule has 0 bridgehead atoms. The summed E-state index contributed by atoms with van der Waals surface area (Å²) in [5.41, 5.74) is 0.892. The third-order valence-corrected chi connectivity index (χ3v) is 2.05. The molecule has 0 aliphatic carbocycles. The van der Waals surface area contributed by atoms with Crippen molar-refractivity contribution in [2.75, 3.05) is 13.1 Å². The Balaban J connectivity index is 2.18. The van der Waals surface area contributed by atoms with E-state index in [1.807, 2.05) is 30.3 Å². The molecular formula is C13H16N2O3. The summed E-state index contributed by atoms with van der Waals surface area (Å²) in [5, 5.41) is 4.89. The minimum atomic E-state index is -0.618. The molecule has 0 radical (unpaired) electrons. The van der Waals surface area contributed by atoms with Crippen molar-refractivity contribution in [2.24, 2.45) is 0 Å². The van der Waals surface area contributed by atoms with E-state index in [4.69, 9.17) is 4.74 Å². The lowest BCUT2D eigenvalue weighted by Crippen LogP contribution is -2.37. The van der Waals surface area contributed by atoms with Crippen molar-refractivity contribution in [1.29, 1.82) is 0 Å². The molecule has 0 unspecified atom stereocenters. The molecule has 2 amide bonds. The summed E-state index contributed by atoms with van der Waals surface area (Å²) >= 11 is 0. The Morgan fingerprint density at radius 3 is 2.61 bits per heavy atom. The van der Waals surface area contributed by atoms with Gasteiger partial charge >= 0.3 is 6.09 Å². The number of ether oxygens (including phenoxy) is 1. The van der Waals surface area contributed by atoms with Crippen molar-refractivity contribution in [2.45, 2.75) is 6.61 Å². The van der Waals surface area contributed by atoms with Gasteiger partial charge in [-0.3, -0.25) is 4.79 Å². The summed E-state index contributed by atoms with van der Waals surface area (Å²) in [6.45, 7) is 3.91. The molecule has 1 aromatic rings. The number of carbonyl (C=O) groups excluding carboxylic acids is 2. The molecular weight excluding hydrogens is 232 g/mol. The Morgan fingerprint density at radius 2 is 1.94 bits per heavy atom. The third-order valence-electron chi connectivity index (χ3n) is 2.05. The summed E-state index contributed by atoms with van der Waals surface area (Å²) in [6.07, 6.45) is 0.943. The molecule has 18 heavy (non-hydrogen) atoms. The van der Waals surface area contributed by atoms with Crippen LogP contribution in [0.2, 0.25) is 0 Å². The molecule has 0 saturated carbocycles. The normalized spacial score (nSPS) is 9.33. The van der Waals surface area contributed by atoms with Gasteiger partial charge in [0.25, 0.3) is 0 Å². The van der Waals surface area contributed by atoms with E-state index < -0.39 is 6.09 Å². The van der Waals surface area contributed by atoms with Crippen LogP contribution in [-0.2, 0) is 16.1 Å². The SMILES string of the molecule is C=CCNC(=O)CNC(=O)OCc1ccccc1. The van der Waals surface area contributed by atoms with Gasteiger partial charge in [0, 0.05) is 6.54 Å². The molecule has 0 heterocycles. The maximum Gasteiger partial charge on any atom is 0.407 e. The quantitative estimate of drug-likeness (QED) is 0.744. The van der Waals surface area contributed by atoms with E-state index in [9.17, 15) is 9.59 Å². The number of hydrogen-bond donors (Lipinski definition) is 2. The van der Waals surface area contributed by atoms with Gasteiger partial charge in [-0.1, -0.05) is 36.4 Å². The zero-order valence-electron chi connectivity index (χ0n) is 10.0. The lowest BCUT2D eigenvalue weighted by Gasteiger charge is -2.06. The first-order chi connectivity index (χ1) is 8.72. The van der Waals surface area contributed by atoms with Crippen LogP contribution in [0.15, 0.2) is 43.0 Å². The van der Waals surface area contributed by atoms with E-state index in [1.54, 1.807) is 6.08 Å². The fraction of sp³-hybridized carbons (Fsp3) is 0.231. The minimum Gasteiger partial charge on any atom is -0.445 e. The van der Waals surface area contributed by atoms with Crippen molar-refractivity contribution in [1.82, 2.24) is 10.6 Å². The van der Waals surface area contributed by atoms with Crippen LogP contribution in [0.1, 0.15) is 5.56 Å². The van der Waals surface area contributed by atoms with E-state index >= 15 is 0 Å². The van der Waals surface area contributed by atoms with Gasteiger partial charge in [0.05, 0.1) is 0 Å². The van der Waals surface area contributed by atoms with Crippen molar-refractivity contribution in [3.63, 3.8) is 0 Å². The van der Waals surface area contributed by atoms with Crippen LogP contribution in [0.4, 0.5) is 4.79 Å². The van der Waals surface area contributed by atoms with Crippen molar-refractivity contribution >= 4 is 12.0 Å². The van der Waals surface area contributed by atoms with Gasteiger partial charge in [0.15, 0.2) is 0 Å². The highest BCUT2D eigenvalue weighted by molar-refractivity contribution is 5.82. The van der Waals surface area contributed by atoms with E-state index in [2.05, 4.69) is 17.2 Å². The minimum absolute atomic E-state index is 0.110. The maximum absolute atomic E-state index is 11.3. The number of hydrogen-bond acceptors (Lipinski definition) is 3. The smallest absolute Gasteiger partial charge is 0.407 e. The highest BCUT2D eigenvalue weighted by Gasteiger charge is 2.05. The van der Waals surface area contributed by atoms with Gasteiger partial charge < -0.3 is 15.4 Å². The molecule has 1 aromatic carbocycles. The second-order valence-corrected chi connectivity index (χ2v) is 3.51. The molecule has 0 spiro atoms. The number of rotatable bonds is 6. The van der Waals surface area contributed by atoms with Crippen LogP contribution in [0, 0.1) is 0 Å². The number of amides is 2. The molecule has 0 saturated heterocycles. The highest BCUT2D eigenvalue weighted by Crippen LogP contribution is 2.00. The Labute approximate surface area is 106 Å². The van der Waals surface area contributed by atoms with Crippen molar-refractivity contribution in [3.05, 3.63) is 48.6 Å². The van der Waals surface area contributed by atoms with Crippen LogP contribution < -0.4 is 10.6 Å². The number of alkyl carbamates (subject to hydrolysis) is 1. The van der Waals surface area contributed by atoms with E-state index in [-0.39, 0.29) is 19.1 Å². The number of carbonyl (C=O) groups is 2. The molecule has 0 aliphatic rings. The molecule has 0 fully saturated rings. The molecule has 5 nitrogen and oxygen atoms in total. The van der Waals surface area contributed by atoms with Gasteiger partial charge in [-0.15, -0.1) is 6.58 Å². The predicted octanol–water partition coefficient (Wildman–Crippen LogP) is 1.21. The monoisotopic (exact) mass is 248 g/mol. The fourth-order valence-electron chi connectivity index (χ4n) is 1.18. The first-order valence-corrected chi connectivity index (χ1v) is 5.54. The van der Waals surface area contributed by atoms with E-state index in [1.165, 1.54) is 0 Å². The van der Waals surface area contributed by atoms with Gasteiger partial charge in [0.2, 0.25) is 5.91 Å². The van der Waals surface area contributed by atoms with Crippen LogP contribution in [0.25, 0.3) is 0 Å². The highest BCUT2D eigenvalue weighted by atomic mass is 16.5. The van der Waals surface area contributed by atoms with Crippen LogP contribution >= 0.6 is 0 Å². The van der Waals surface area contributed by atoms with Crippen LogP contribution in [0.3, 0.4) is 0 Å². The fourth-order valence-corrected chi connectivity index (χ4v) is 1.18. The summed E-state index contributed by atoms with van der Waals surface area (Å²) < 4.78 is 4.93. The first kappa shape index (κ1) is 13.8. The van der Waals surface area contributed by atoms with Crippen LogP contribution in [-0.4, -0.2) is 25.1 Å². The Morgan fingerprint density at radius 1 is 1.22 bits per heavy atom. The summed E-state index contributed by atoms with van der Waals surface area (Å²) in [7, 11) is 0. The molecule has 1 rings (SSSR count). The second kappa shape index (κ2) is 7.89. The standard InChI is InChI=1S/C13H16N2O3/c1-2-8-14-12(16)9-15-13(17)18-10-11-6-4-3-5-7-11/h2-7H,1,8-10H2,(H,14,16)(H,15,17). The second-order valence-electron chi connectivity index (χ2n) is 3.51. The van der Waals surface area contributed by atoms with Gasteiger partial charge in [-0.25, -0.2) is 4.79 Å². The average Bonchev–Trinajstić information content (AvgIpc) is 2.41. The lowest BCUT2D eigenvalue weighted by atomic mass is 10.2. The third kappa shape index (κ3) is 5.69. The van der Waals surface area contributed by atoms with Crippen LogP contribution in [0.5, 0.6) is 0 Å². The Bertz CT molecular complexity index is 404. The zero-order valence-corrected chi connectivity index (χ0v) is 10.0. The molecule has 5 heteroatoms. The average molecular weight is 248 g/mol. The topological polar surface area (TPSA) is 67.4 Å². The molecule has 0 atom stereocenters. The van der Waals surface area contributed by atoms with Crippen molar-refractivity contribution in [3.8, 4) is 0 Å². The summed E-state index contributed by atoms with van der Waals surface area (Å²) in [5.74, 6) is -0.286. The van der Waals surface area contributed by atoms with E-state index in [0.717, 1.165) is 5.56 Å². The lowest BCUT2D eigenvalue weighted by molar-refractivity contribution is -0.119. The van der Waals surface area contributed by atoms with E-state index in [0.29, 0.717) is 6.54 Å². The Hall–Kier alpha value is -2.30. The zero-order chi connectivity index (χ0) is 13.2.